The van der Waals surface area contributed by atoms with Crippen LogP contribution >= 0.6 is 11.6 Å². The fraction of sp³-hybridized carbons (Fsp3) is 0.630. The van der Waals surface area contributed by atoms with Gasteiger partial charge >= 0.3 is 0 Å². The lowest BCUT2D eigenvalue weighted by Gasteiger charge is -2.44. The first-order chi connectivity index (χ1) is 17.3. The Morgan fingerprint density at radius 3 is 2.69 bits per heavy atom. The topological polar surface area (TPSA) is 66.9 Å². The molecule has 194 valence electrons. The highest BCUT2D eigenvalue weighted by atomic mass is 35.5. The largest absolute Gasteiger partial charge is 0.378 e. The number of hydrogen-bond acceptors (Lipinski definition) is 6. The number of piperazine rings is 1. The highest BCUT2D eigenvalue weighted by Crippen LogP contribution is 2.66. The molecule has 1 spiro atoms. The molecule has 1 aromatic heterocycles. The molecule has 4 aliphatic rings. The van der Waals surface area contributed by atoms with Crippen LogP contribution in [0.15, 0.2) is 24.4 Å². The summed E-state index contributed by atoms with van der Waals surface area (Å²) in [5, 5.41) is 5.61. The number of anilines is 2. The van der Waals surface area contributed by atoms with Gasteiger partial charge in [-0.1, -0.05) is 11.6 Å². The molecule has 3 heterocycles. The molecular formula is C27H34ClFN4O3. The van der Waals surface area contributed by atoms with Crippen molar-refractivity contribution in [2.45, 2.75) is 50.9 Å². The predicted molar refractivity (Wildman–Crippen MR) is 138 cm³/mol. The molecule has 3 unspecified atom stereocenters. The summed E-state index contributed by atoms with van der Waals surface area (Å²) in [6, 6.07) is 5.92. The quantitative estimate of drug-likeness (QED) is 0.618. The summed E-state index contributed by atoms with van der Waals surface area (Å²) in [4.78, 5) is 21.8. The molecule has 2 aliphatic heterocycles. The number of halogens is 2. The SMILES string of the molecule is CCOC1CC2(C1)CC2C(=O)Nc1cc2cc(N3CCN(C4(C)COCC4F)CC3)c(Cl)cc2cn1. The summed E-state index contributed by atoms with van der Waals surface area (Å²) in [5.41, 5.74) is 0.546. The zero-order valence-corrected chi connectivity index (χ0v) is 21.7. The van der Waals surface area contributed by atoms with Gasteiger partial charge in [0, 0.05) is 50.3 Å². The van der Waals surface area contributed by atoms with Gasteiger partial charge in [0.15, 0.2) is 0 Å². The van der Waals surface area contributed by atoms with Crippen molar-refractivity contribution in [2.75, 3.05) is 56.2 Å². The van der Waals surface area contributed by atoms with E-state index in [9.17, 15) is 9.18 Å². The number of pyridine rings is 1. The molecule has 36 heavy (non-hydrogen) atoms. The third-order valence-corrected chi connectivity index (χ3v) is 9.19. The number of benzene rings is 1. The Bertz CT molecular complexity index is 1170. The van der Waals surface area contributed by atoms with Crippen molar-refractivity contribution in [3.8, 4) is 0 Å². The normalized spacial score (nSPS) is 34.2. The van der Waals surface area contributed by atoms with Gasteiger partial charge in [-0.3, -0.25) is 9.69 Å². The fourth-order valence-electron chi connectivity index (χ4n) is 6.43. The van der Waals surface area contributed by atoms with Crippen LogP contribution in [0.4, 0.5) is 15.9 Å². The summed E-state index contributed by atoms with van der Waals surface area (Å²) < 4.78 is 25.5. The van der Waals surface area contributed by atoms with E-state index in [2.05, 4.69) is 26.2 Å². The molecule has 0 radical (unpaired) electrons. The maximum Gasteiger partial charge on any atom is 0.229 e. The van der Waals surface area contributed by atoms with Crippen LogP contribution in [-0.4, -0.2) is 79.6 Å². The van der Waals surface area contributed by atoms with Crippen LogP contribution in [0.1, 0.15) is 33.1 Å². The average Bonchev–Trinajstić information content (AvgIpc) is 3.50. The second-order valence-corrected chi connectivity index (χ2v) is 11.5. The standard InChI is InChI=1S/C27H34ClFN4O3/c1-3-36-19-11-27(12-19)13-20(27)25(34)31-24-10-17-9-22(21(28)8-18(17)14-30-24)32-4-6-33(7-5-32)26(2)16-35-15-23(26)29/h8-10,14,19-20,23H,3-7,11-13,15-16H2,1-2H3,(H,30,31,34). The first-order valence-electron chi connectivity index (χ1n) is 13.0. The van der Waals surface area contributed by atoms with Gasteiger partial charge in [0.2, 0.25) is 5.91 Å². The summed E-state index contributed by atoms with van der Waals surface area (Å²) in [5.74, 6) is 0.675. The first-order valence-corrected chi connectivity index (χ1v) is 13.4. The van der Waals surface area contributed by atoms with Crippen molar-refractivity contribution in [3.63, 3.8) is 0 Å². The molecule has 9 heteroatoms. The minimum absolute atomic E-state index is 0.0534. The number of carbonyl (C=O) groups is 1. The number of ether oxygens (including phenoxy) is 2. The average molecular weight is 517 g/mol. The third-order valence-electron chi connectivity index (χ3n) is 8.89. The number of hydrogen-bond donors (Lipinski definition) is 1. The molecule has 2 aromatic rings. The number of fused-ring (bicyclic) bond motifs is 1. The van der Waals surface area contributed by atoms with Gasteiger partial charge in [-0.2, -0.15) is 0 Å². The monoisotopic (exact) mass is 516 g/mol. The van der Waals surface area contributed by atoms with Crippen molar-refractivity contribution in [2.24, 2.45) is 11.3 Å². The second kappa shape index (κ2) is 9.08. The molecule has 1 N–H and O–H groups in total. The van der Waals surface area contributed by atoms with E-state index in [0.29, 0.717) is 23.6 Å². The molecule has 2 saturated carbocycles. The minimum Gasteiger partial charge on any atom is -0.378 e. The number of alkyl halides is 1. The highest BCUT2D eigenvalue weighted by Gasteiger charge is 2.64. The summed E-state index contributed by atoms with van der Waals surface area (Å²) in [6.07, 6.45) is 4.02. The Morgan fingerprint density at radius 1 is 1.22 bits per heavy atom. The van der Waals surface area contributed by atoms with Crippen LogP contribution < -0.4 is 10.2 Å². The van der Waals surface area contributed by atoms with Crippen molar-refractivity contribution >= 4 is 39.8 Å². The van der Waals surface area contributed by atoms with E-state index in [1.807, 2.05) is 26.0 Å². The first kappa shape index (κ1) is 24.3. The van der Waals surface area contributed by atoms with Crippen molar-refractivity contribution < 1.29 is 18.7 Å². The fourth-order valence-corrected chi connectivity index (χ4v) is 6.73. The number of aromatic nitrogens is 1. The van der Waals surface area contributed by atoms with Gasteiger partial charge in [-0.15, -0.1) is 0 Å². The number of carbonyl (C=O) groups excluding carboxylic acids is 1. The molecule has 6 rings (SSSR count). The Kier molecular flexibility index (Phi) is 6.14. The zero-order chi connectivity index (χ0) is 25.1. The Hall–Kier alpha value is -2.00. The van der Waals surface area contributed by atoms with Crippen molar-refractivity contribution in [1.82, 2.24) is 9.88 Å². The molecule has 0 bridgehead atoms. The summed E-state index contributed by atoms with van der Waals surface area (Å²) >= 11 is 6.67. The van der Waals surface area contributed by atoms with Gasteiger partial charge in [0.05, 0.1) is 35.6 Å². The van der Waals surface area contributed by atoms with E-state index in [4.69, 9.17) is 21.1 Å². The number of nitrogens with one attached hydrogen (secondary N) is 1. The third kappa shape index (κ3) is 4.16. The predicted octanol–water partition coefficient (Wildman–Crippen LogP) is 4.28. The van der Waals surface area contributed by atoms with Crippen LogP contribution in [0.5, 0.6) is 0 Å². The van der Waals surface area contributed by atoms with E-state index in [1.54, 1.807) is 6.20 Å². The lowest BCUT2D eigenvalue weighted by molar-refractivity contribution is -0.120. The maximum atomic E-state index is 14.5. The minimum atomic E-state index is -0.963. The van der Waals surface area contributed by atoms with E-state index in [0.717, 1.165) is 68.5 Å². The second-order valence-electron chi connectivity index (χ2n) is 11.1. The molecule has 3 atom stereocenters. The molecule has 7 nitrogen and oxygen atoms in total. The van der Waals surface area contributed by atoms with Gasteiger partial charge in [0.25, 0.3) is 0 Å². The van der Waals surface area contributed by atoms with Crippen LogP contribution in [0.25, 0.3) is 10.8 Å². The lowest BCUT2D eigenvalue weighted by atomic mass is 9.77. The Labute approximate surface area is 216 Å². The Balaban J connectivity index is 1.12. The van der Waals surface area contributed by atoms with Crippen LogP contribution in [0.2, 0.25) is 5.02 Å². The highest BCUT2D eigenvalue weighted by molar-refractivity contribution is 6.34. The molecule has 1 amide bonds. The molecule has 1 aromatic carbocycles. The van der Waals surface area contributed by atoms with Gasteiger partial charge in [-0.05, 0) is 62.1 Å². The molecular weight excluding hydrogens is 483 g/mol. The van der Waals surface area contributed by atoms with E-state index in [1.165, 1.54) is 0 Å². The number of rotatable bonds is 6. The number of amides is 1. The summed E-state index contributed by atoms with van der Waals surface area (Å²) in [7, 11) is 0. The van der Waals surface area contributed by atoms with Gasteiger partial charge in [0.1, 0.15) is 12.0 Å². The maximum absolute atomic E-state index is 14.5. The van der Waals surface area contributed by atoms with Crippen molar-refractivity contribution in [1.29, 1.82) is 0 Å². The van der Waals surface area contributed by atoms with Crippen LogP contribution in [-0.2, 0) is 14.3 Å². The zero-order valence-electron chi connectivity index (χ0n) is 20.9. The Morgan fingerprint density at radius 2 is 2.00 bits per heavy atom. The van der Waals surface area contributed by atoms with Gasteiger partial charge in [-0.25, -0.2) is 9.37 Å². The van der Waals surface area contributed by atoms with E-state index in [-0.39, 0.29) is 23.8 Å². The van der Waals surface area contributed by atoms with Gasteiger partial charge < -0.3 is 19.7 Å². The van der Waals surface area contributed by atoms with E-state index < -0.39 is 11.7 Å². The smallest absolute Gasteiger partial charge is 0.229 e. The van der Waals surface area contributed by atoms with Crippen molar-refractivity contribution in [3.05, 3.63) is 29.4 Å². The molecule has 2 aliphatic carbocycles. The number of nitrogens with zero attached hydrogens (tertiary/aromatic N) is 3. The van der Waals surface area contributed by atoms with E-state index >= 15 is 0 Å². The molecule has 2 saturated heterocycles. The lowest BCUT2D eigenvalue weighted by Crippen LogP contribution is -2.59. The van der Waals surface area contributed by atoms with Crippen LogP contribution in [0.3, 0.4) is 0 Å². The van der Waals surface area contributed by atoms with Crippen LogP contribution in [0, 0.1) is 11.3 Å². The molecule has 4 fully saturated rings. The summed E-state index contributed by atoms with van der Waals surface area (Å²) in [6.45, 7) is 8.32.